The summed E-state index contributed by atoms with van der Waals surface area (Å²) in [6, 6.07) is 4.89. The molecule has 1 rings (SSSR count). The van der Waals surface area contributed by atoms with Gasteiger partial charge in [0.1, 0.15) is 11.5 Å². The maximum absolute atomic E-state index is 9.49. The third kappa shape index (κ3) is 5.00. The van der Waals surface area contributed by atoms with Crippen LogP contribution in [0.3, 0.4) is 0 Å². The number of phenols is 2. The Labute approximate surface area is 95.7 Å². The lowest BCUT2D eigenvalue weighted by molar-refractivity contribution is -0.176. The predicted molar refractivity (Wildman–Crippen MR) is 62.9 cm³/mol. The Morgan fingerprint density at radius 3 is 2.00 bits per heavy atom. The minimum absolute atomic E-state index is 0.210. The minimum Gasteiger partial charge on any atom is -0.508 e. The van der Waals surface area contributed by atoms with E-state index in [-0.39, 0.29) is 11.5 Å². The van der Waals surface area contributed by atoms with Gasteiger partial charge in [0.25, 0.3) is 0 Å². The molecule has 0 fully saturated rings. The van der Waals surface area contributed by atoms with Crippen molar-refractivity contribution in [1.82, 2.24) is 0 Å². The lowest BCUT2D eigenvalue weighted by Gasteiger charge is -2.06. The van der Waals surface area contributed by atoms with Gasteiger partial charge in [0, 0.05) is 5.56 Å². The molecule has 0 spiro atoms. The molecule has 0 aromatic heterocycles. The van der Waals surface area contributed by atoms with E-state index in [0.29, 0.717) is 5.56 Å². The number of rotatable bonds is 5. The second-order valence-electron chi connectivity index (χ2n) is 3.59. The van der Waals surface area contributed by atoms with E-state index < -0.39 is 0 Å². The smallest absolute Gasteiger partial charge is 0.122 e. The lowest BCUT2D eigenvalue weighted by atomic mass is 10.0. The molecule has 0 amide bonds. The van der Waals surface area contributed by atoms with Gasteiger partial charge < -0.3 is 10.2 Å². The molecule has 0 aliphatic heterocycles. The minimum atomic E-state index is 0.210. The van der Waals surface area contributed by atoms with E-state index in [1.54, 1.807) is 18.2 Å². The fourth-order valence-electron chi connectivity index (χ4n) is 1.55. The zero-order valence-corrected chi connectivity index (χ0v) is 9.56. The first-order chi connectivity index (χ1) is 7.75. The van der Waals surface area contributed by atoms with Gasteiger partial charge in [0.15, 0.2) is 0 Å². The predicted octanol–water partition coefficient (Wildman–Crippen LogP) is 3.24. The molecule has 0 atom stereocenters. The Balaban J connectivity index is 0.00000106. The molecule has 0 aliphatic carbocycles. The standard InChI is InChI=1S/C12H18O2.H2O2/c1-2-3-4-5-7-10-11(13)8-6-9-12(10)14;1-2/h6,8-9,13-14H,2-5,7H2,1H3;1-2H. The number of benzene rings is 1. The zero-order valence-electron chi connectivity index (χ0n) is 9.56. The van der Waals surface area contributed by atoms with Crippen molar-refractivity contribution in [3.05, 3.63) is 23.8 Å². The highest BCUT2D eigenvalue weighted by Gasteiger charge is 2.05. The van der Waals surface area contributed by atoms with Crippen LogP contribution in [0.1, 0.15) is 38.2 Å². The molecular formula is C12H20O4. The van der Waals surface area contributed by atoms with Crippen molar-refractivity contribution in [3.63, 3.8) is 0 Å². The van der Waals surface area contributed by atoms with Crippen LogP contribution in [0, 0.1) is 0 Å². The molecule has 0 heterocycles. The van der Waals surface area contributed by atoms with Gasteiger partial charge in [0.05, 0.1) is 0 Å². The summed E-state index contributed by atoms with van der Waals surface area (Å²) in [7, 11) is 0. The van der Waals surface area contributed by atoms with E-state index in [1.165, 1.54) is 12.8 Å². The molecule has 0 radical (unpaired) electrons. The van der Waals surface area contributed by atoms with Crippen LogP contribution >= 0.6 is 0 Å². The molecule has 0 unspecified atom stereocenters. The highest BCUT2D eigenvalue weighted by Crippen LogP contribution is 2.27. The van der Waals surface area contributed by atoms with Gasteiger partial charge in [-0.1, -0.05) is 32.3 Å². The van der Waals surface area contributed by atoms with Crippen molar-refractivity contribution in [2.75, 3.05) is 0 Å². The Bertz CT molecular complexity index is 266. The van der Waals surface area contributed by atoms with E-state index in [2.05, 4.69) is 6.92 Å². The van der Waals surface area contributed by atoms with Crippen LogP contribution in [-0.4, -0.2) is 20.7 Å². The summed E-state index contributed by atoms with van der Waals surface area (Å²) >= 11 is 0. The van der Waals surface area contributed by atoms with Gasteiger partial charge in [-0.25, -0.2) is 0 Å². The zero-order chi connectivity index (χ0) is 12.4. The number of aromatic hydroxyl groups is 2. The molecule has 4 N–H and O–H groups in total. The van der Waals surface area contributed by atoms with Crippen LogP contribution in [0.25, 0.3) is 0 Å². The van der Waals surface area contributed by atoms with Crippen molar-refractivity contribution in [1.29, 1.82) is 0 Å². The summed E-state index contributed by atoms with van der Waals surface area (Å²) in [6.07, 6.45) is 5.36. The number of hydrogen-bond acceptors (Lipinski definition) is 4. The fraction of sp³-hybridized carbons (Fsp3) is 0.500. The van der Waals surface area contributed by atoms with Gasteiger partial charge in [-0.3, -0.25) is 10.5 Å². The molecule has 16 heavy (non-hydrogen) atoms. The van der Waals surface area contributed by atoms with E-state index in [1.807, 2.05) is 0 Å². The van der Waals surface area contributed by atoms with Gasteiger partial charge in [-0.05, 0) is 25.0 Å². The molecule has 4 heteroatoms. The largest absolute Gasteiger partial charge is 0.508 e. The maximum atomic E-state index is 9.49. The molecule has 92 valence electrons. The molecule has 0 saturated carbocycles. The monoisotopic (exact) mass is 228 g/mol. The van der Waals surface area contributed by atoms with Gasteiger partial charge in [-0.2, -0.15) is 0 Å². The molecule has 0 saturated heterocycles. The van der Waals surface area contributed by atoms with Gasteiger partial charge in [0.2, 0.25) is 0 Å². The first kappa shape index (κ1) is 14.7. The van der Waals surface area contributed by atoms with Gasteiger partial charge >= 0.3 is 0 Å². The van der Waals surface area contributed by atoms with Crippen molar-refractivity contribution < 1.29 is 20.7 Å². The first-order valence-corrected chi connectivity index (χ1v) is 5.45. The second kappa shape index (κ2) is 9.00. The highest BCUT2D eigenvalue weighted by molar-refractivity contribution is 5.42. The molecule has 1 aromatic carbocycles. The normalized spacial score (nSPS) is 9.44. The number of hydrogen-bond donors (Lipinski definition) is 4. The topological polar surface area (TPSA) is 80.9 Å². The molecule has 4 nitrogen and oxygen atoms in total. The summed E-state index contributed by atoms with van der Waals surface area (Å²) in [5.74, 6) is 0.419. The Morgan fingerprint density at radius 2 is 1.50 bits per heavy atom. The van der Waals surface area contributed by atoms with Crippen molar-refractivity contribution in [3.8, 4) is 11.5 Å². The van der Waals surface area contributed by atoms with Crippen molar-refractivity contribution in [2.45, 2.75) is 39.0 Å². The number of unbranched alkanes of at least 4 members (excludes halogenated alkanes) is 3. The van der Waals surface area contributed by atoms with E-state index in [9.17, 15) is 10.2 Å². The van der Waals surface area contributed by atoms with Crippen LogP contribution < -0.4 is 0 Å². The van der Waals surface area contributed by atoms with Crippen LogP contribution in [0.5, 0.6) is 11.5 Å². The highest BCUT2D eigenvalue weighted by atomic mass is 17.0. The lowest BCUT2D eigenvalue weighted by Crippen LogP contribution is -1.87. The molecule has 1 aromatic rings. The van der Waals surface area contributed by atoms with E-state index in [4.69, 9.17) is 10.5 Å². The van der Waals surface area contributed by atoms with Crippen molar-refractivity contribution >= 4 is 0 Å². The molecule has 0 bridgehead atoms. The fourth-order valence-corrected chi connectivity index (χ4v) is 1.55. The molecular weight excluding hydrogens is 208 g/mol. The van der Waals surface area contributed by atoms with Crippen LogP contribution in [-0.2, 0) is 6.42 Å². The second-order valence-corrected chi connectivity index (χ2v) is 3.59. The van der Waals surface area contributed by atoms with Crippen LogP contribution in [0.15, 0.2) is 18.2 Å². The summed E-state index contributed by atoms with van der Waals surface area (Å²) < 4.78 is 0. The summed E-state index contributed by atoms with van der Waals surface area (Å²) in [6.45, 7) is 2.16. The average molecular weight is 228 g/mol. The third-order valence-corrected chi connectivity index (χ3v) is 2.41. The SMILES string of the molecule is CCCCCCc1c(O)cccc1O.OO. The maximum Gasteiger partial charge on any atom is 0.122 e. The summed E-state index contributed by atoms with van der Waals surface area (Å²) in [4.78, 5) is 0. The van der Waals surface area contributed by atoms with E-state index >= 15 is 0 Å². The average Bonchev–Trinajstić information content (AvgIpc) is 2.30. The quantitative estimate of drug-likeness (QED) is 0.354. The Hall–Kier alpha value is -1.26. The Morgan fingerprint density at radius 1 is 0.938 bits per heavy atom. The molecule has 0 aliphatic rings. The first-order valence-electron chi connectivity index (χ1n) is 5.45. The Kier molecular flexibility index (Phi) is 8.29. The summed E-state index contributed by atoms with van der Waals surface area (Å²) in [5, 5.41) is 31.0. The third-order valence-electron chi connectivity index (χ3n) is 2.41. The van der Waals surface area contributed by atoms with E-state index in [0.717, 1.165) is 19.3 Å². The van der Waals surface area contributed by atoms with Crippen LogP contribution in [0.4, 0.5) is 0 Å². The summed E-state index contributed by atoms with van der Waals surface area (Å²) in [5.41, 5.74) is 0.684. The van der Waals surface area contributed by atoms with Gasteiger partial charge in [-0.15, -0.1) is 0 Å². The van der Waals surface area contributed by atoms with Crippen LogP contribution in [0.2, 0.25) is 0 Å². The van der Waals surface area contributed by atoms with Crippen molar-refractivity contribution in [2.24, 2.45) is 0 Å². The number of phenolic OH excluding ortho intramolecular Hbond substituents is 2.